The maximum atomic E-state index is 13.2. The van der Waals surface area contributed by atoms with Crippen molar-refractivity contribution in [1.82, 2.24) is 19.6 Å². The second-order valence-electron chi connectivity index (χ2n) is 11.2. The fourth-order valence-corrected chi connectivity index (χ4v) is 4.39. The minimum Gasteiger partial charge on any atom is -0.480 e. The molecule has 0 bridgehead atoms. The van der Waals surface area contributed by atoms with Crippen molar-refractivity contribution in [2.24, 2.45) is 0 Å². The summed E-state index contributed by atoms with van der Waals surface area (Å²) in [6.07, 6.45) is 1.54. The number of ether oxygens (including phenoxy) is 3. The molecule has 42 heavy (non-hydrogen) atoms. The number of hydrogen-bond donors (Lipinski definition) is 1. The number of benzene rings is 2. The third-order valence-corrected chi connectivity index (χ3v) is 6.69. The van der Waals surface area contributed by atoms with Crippen LogP contribution in [0.25, 0.3) is 0 Å². The molecule has 0 spiro atoms. The molecular weight excluding hydrogens is 542 g/mol. The Labute approximate surface area is 243 Å². The van der Waals surface area contributed by atoms with Crippen molar-refractivity contribution in [3.63, 3.8) is 0 Å². The van der Waals surface area contributed by atoms with Crippen LogP contribution >= 0.6 is 0 Å². The van der Waals surface area contributed by atoms with Gasteiger partial charge in [-0.15, -0.1) is 5.10 Å². The van der Waals surface area contributed by atoms with E-state index in [0.29, 0.717) is 24.3 Å². The number of aromatic nitrogens is 2. The van der Waals surface area contributed by atoms with Crippen molar-refractivity contribution in [1.29, 1.82) is 0 Å². The normalized spacial score (nSPS) is 16.6. The maximum Gasteiger partial charge on any atom is 0.435 e. The second-order valence-corrected chi connectivity index (χ2v) is 11.2. The Kier molecular flexibility index (Phi) is 7.88. The molecule has 0 aliphatic carbocycles. The van der Waals surface area contributed by atoms with E-state index in [-0.39, 0.29) is 34.7 Å². The standard InChI is InChI=1S/C30H33N5O7/c1-30(2,3)42-29(39)35-15-11-25(32-35)31-26(36)20-16-22(18-23(17-20)41-24-10-14-33(4)28(24)38)40-21-8-6-19(7-9-21)27(37)34-12-5-13-34/h6-9,11,15-18,24H,5,10,12-14H2,1-4H3,(H,31,32,36)/t24-/m0/s1. The van der Waals surface area contributed by atoms with Gasteiger partial charge < -0.3 is 29.3 Å². The molecule has 12 heteroatoms. The Morgan fingerprint density at radius 1 is 0.929 bits per heavy atom. The highest BCUT2D eigenvalue weighted by molar-refractivity contribution is 6.04. The summed E-state index contributed by atoms with van der Waals surface area (Å²) in [7, 11) is 1.71. The van der Waals surface area contributed by atoms with Crippen LogP contribution in [0.1, 0.15) is 54.3 Å². The van der Waals surface area contributed by atoms with E-state index in [0.717, 1.165) is 24.2 Å². The predicted octanol–water partition coefficient (Wildman–Crippen LogP) is 4.17. The highest BCUT2D eigenvalue weighted by Gasteiger charge is 2.31. The summed E-state index contributed by atoms with van der Waals surface area (Å²) in [5.74, 6) is 0.434. The van der Waals surface area contributed by atoms with Gasteiger partial charge in [-0.25, -0.2) is 4.79 Å². The van der Waals surface area contributed by atoms with Gasteiger partial charge in [-0.1, -0.05) is 0 Å². The third kappa shape index (κ3) is 6.70. The number of rotatable bonds is 7. The zero-order chi connectivity index (χ0) is 30.0. The summed E-state index contributed by atoms with van der Waals surface area (Å²) in [6, 6.07) is 12.8. The van der Waals surface area contributed by atoms with Gasteiger partial charge in [0.15, 0.2) is 11.9 Å². The van der Waals surface area contributed by atoms with Gasteiger partial charge in [0.2, 0.25) is 0 Å². The zero-order valence-electron chi connectivity index (χ0n) is 24.0. The lowest BCUT2D eigenvalue weighted by atomic mass is 10.1. The quantitative estimate of drug-likeness (QED) is 0.444. The Morgan fingerprint density at radius 3 is 2.26 bits per heavy atom. The van der Waals surface area contributed by atoms with Gasteiger partial charge in [-0.3, -0.25) is 14.4 Å². The molecule has 0 unspecified atom stereocenters. The zero-order valence-corrected chi connectivity index (χ0v) is 24.0. The fourth-order valence-electron chi connectivity index (χ4n) is 4.39. The first kappa shape index (κ1) is 28.7. The highest BCUT2D eigenvalue weighted by Crippen LogP contribution is 2.30. The third-order valence-electron chi connectivity index (χ3n) is 6.69. The first-order valence-corrected chi connectivity index (χ1v) is 13.7. The van der Waals surface area contributed by atoms with Crippen molar-refractivity contribution in [2.75, 3.05) is 32.0 Å². The van der Waals surface area contributed by atoms with E-state index in [2.05, 4.69) is 10.4 Å². The molecule has 3 aromatic rings. The monoisotopic (exact) mass is 575 g/mol. The molecular formula is C30H33N5O7. The van der Waals surface area contributed by atoms with Gasteiger partial charge in [-0.2, -0.15) is 4.68 Å². The molecule has 1 N–H and O–H groups in total. The van der Waals surface area contributed by atoms with Crippen LogP contribution in [0.3, 0.4) is 0 Å². The Balaban J connectivity index is 1.35. The van der Waals surface area contributed by atoms with E-state index in [4.69, 9.17) is 14.2 Å². The molecule has 2 saturated heterocycles. The van der Waals surface area contributed by atoms with Gasteiger partial charge >= 0.3 is 6.09 Å². The average Bonchev–Trinajstić information content (AvgIpc) is 3.49. The molecule has 2 aromatic carbocycles. The topological polar surface area (TPSA) is 132 Å². The van der Waals surface area contributed by atoms with Crippen molar-refractivity contribution >= 4 is 29.6 Å². The van der Waals surface area contributed by atoms with Crippen LogP contribution in [0.15, 0.2) is 54.7 Å². The molecule has 3 heterocycles. The number of likely N-dealkylation sites (N-methyl/N-ethyl adjacent to an activating group) is 1. The number of nitrogens with one attached hydrogen (secondary N) is 1. The number of carbonyl (C=O) groups is 4. The first-order chi connectivity index (χ1) is 19.9. The molecule has 0 saturated carbocycles. The van der Waals surface area contributed by atoms with E-state index in [1.54, 1.807) is 68.0 Å². The average molecular weight is 576 g/mol. The number of anilines is 1. The van der Waals surface area contributed by atoms with Gasteiger partial charge in [-0.05, 0) is 63.6 Å². The molecule has 0 radical (unpaired) electrons. The minimum absolute atomic E-state index is 0.0255. The summed E-state index contributed by atoms with van der Waals surface area (Å²) >= 11 is 0. The van der Waals surface area contributed by atoms with E-state index < -0.39 is 23.7 Å². The van der Waals surface area contributed by atoms with E-state index in [9.17, 15) is 19.2 Å². The second kappa shape index (κ2) is 11.6. The first-order valence-electron chi connectivity index (χ1n) is 13.7. The number of carbonyl (C=O) groups excluding carboxylic acids is 4. The van der Waals surface area contributed by atoms with E-state index >= 15 is 0 Å². The minimum atomic E-state index is -0.705. The maximum absolute atomic E-state index is 13.2. The van der Waals surface area contributed by atoms with Crippen LogP contribution in [0.5, 0.6) is 17.2 Å². The SMILES string of the molecule is CN1CC[C@H](Oc2cc(Oc3ccc(C(=O)N4CCC4)cc3)cc(C(=O)Nc3ccn(C(=O)OC(C)(C)C)n3)c2)C1=O. The van der Waals surface area contributed by atoms with Crippen LogP contribution in [-0.2, 0) is 9.53 Å². The smallest absolute Gasteiger partial charge is 0.435 e. The lowest BCUT2D eigenvalue weighted by Crippen LogP contribution is -2.41. The van der Waals surface area contributed by atoms with Crippen LogP contribution in [0, 0.1) is 0 Å². The summed E-state index contributed by atoms with van der Waals surface area (Å²) in [5.41, 5.74) is 0.0370. The number of hydrogen-bond acceptors (Lipinski definition) is 8. The van der Waals surface area contributed by atoms with Gasteiger partial charge in [0.25, 0.3) is 17.7 Å². The van der Waals surface area contributed by atoms with Crippen molar-refractivity contribution in [2.45, 2.75) is 45.3 Å². The van der Waals surface area contributed by atoms with Crippen molar-refractivity contribution < 1.29 is 33.4 Å². The number of nitrogens with zero attached hydrogens (tertiary/aromatic N) is 4. The predicted molar refractivity (Wildman–Crippen MR) is 152 cm³/mol. The summed E-state index contributed by atoms with van der Waals surface area (Å²) < 4.78 is 18.3. The van der Waals surface area contributed by atoms with Crippen LogP contribution in [0.2, 0.25) is 0 Å². The summed E-state index contributed by atoms with van der Waals surface area (Å²) in [5, 5.41) is 6.74. The molecule has 1 atom stereocenters. The summed E-state index contributed by atoms with van der Waals surface area (Å²) in [6.45, 7) is 7.30. The number of amides is 3. The fraction of sp³-hybridized carbons (Fsp3) is 0.367. The molecule has 220 valence electrons. The van der Waals surface area contributed by atoms with Gasteiger partial charge in [0.05, 0.1) is 0 Å². The van der Waals surface area contributed by atoms with Gasteiger partial charge in [0, 0.05) is 62.6 Å². The molecule has 12 nitrogen and oxygen atoms in total. The molecule has 1 aromatic heterocycles. The Bertz CT molecular complexity index is 1500. The molecule has 3 amide bonds. The molecule has 2 fully saturated rings. The lowest BCUT2D eigenvalue weighted by Gasteiger charge is -2.30. The van der Waals surface area contributed by atoms with Crippen LogP contribution in [-0.4, -0.2) is 81.8 Å². The van der Waals surface area contributed by atoms with Crippen LogP contribution in [0.4, 0.5) is 10.6 Å². The lowest BCUT2D eigenvalue weighted by molar-refractivity contribution is -0.132. The molecule has 2 aliphatic rings. The van der Waals surface area contributed by atoms with Crippen molar-refractivity contribution in [3.8, 4) is 17.2 Å². The van der Waals surface area contributed by atoms with Crippen LogP contribution < -0.4 is 14.8 Å². The summed E-state index contributed by atoms with van der Waals surface area (Å²) in [4.78, 5) is 53.9. The highest BCUT2D eigenvalue weighted by atomic mass is 16.6. The van der Waals surface area contributed by atoms with E-state index in [1.807, 2.05) is 0 Å². The Morgan fingerprint density at radius 2 is 1.64 bits per heavy atom. The Hall–Kier alpha value is -4.87. The van der Waals surface area contributed by atoms with Gasteiger partial charge in [0.1, 0.15) is 22.8 Å². The molecule has 2 aliphatic heterocycles. The van der Waals surface area contributed by atoms with E-state index in [1.165, 1.54) is 24.4 Å². The van der Waals surface area contributed by atoms with Crippen molar-refractivity contribution in [3.05, 3.63) is 65.9 Å². The largest absolute Gasteiger partial charge is 0.480 e. The number of likely N-dealkylation sites (tertiary alicyclic amines) is 2. The molecule has 5 rings (SSSR count).